The van der Waals surface area contributed by atoms with E-state index in [1.54, 1.807) is 6.08 Å². The average molecular weight is 711 g/mol. The van der Waals surface area contributed by atoms with Gasteiger partial charge in [-0.3, -0.25) is 9.36 Å². The first-order valence-electron chi connectivity index (χ1n) is 19.5. The van der Waals surface area contributed by atoms with Crippen LogP contribution in [0.15, 0.2) is 48.6 Å². The molecule has 0 radical (unpaired) electrons. The van der Waals surface area contributed by atoms with Crippen LogP contribution in [0.25, 0.3) is 0 Å². The molecule has 3 unspecified atom stereocenters. The zero-order chi connectivity index (χ0) is 36.5. The van der Waals surface area contributed by atoms with Crippen LogP contribution >= 0.6 is 7.82 Å². The second-order valence-corrected chi connectivity index (χ2v) is 15.7. The van der Waals surface area contributed by atoms with Gasteiger partial charge in [0, 0.05) is 6.42 Å². The number of rotatable bonds is 34. The number of carbonyl (C=O) groups is 1. The lowest BCUT2D eigenvalue weighted by Crippen LogP contribution is -2.45. The van der Waals surface area contributed by atoms with Gasteiger partial charge in [0.1, 0.15) is 13.2 Å². The molecule has 0 aromatic rings. The summed E-state index contributed by atoms with van der Waals surface area (Å²) < 4.78 is 23.0. The average Bonchev–Trinajstić information content (AvgIpc) is 3.04. The summed E-state index contributed by atoms with van der Waals surface area (Å²) in [5.41, 5.74) is 0. The van der Waals surface area contributed by atoms with E-state index in [4.69, 9.17) is 9.05 Å². The molecule has 0 aliphatic heterocycles. The van der Waals surface area contributed by atoms with E-state index >= 15 is 0 Å². The molecule has 0 heterocycles. The summed E-state index contributed by atoms with van der Waals surface area (Å²) in [5, 5.41) is 13.6. The number of allylic oxidation sites excluding steroid dienone is 7. The highest BCUT2D eigenvalue weighted by atomic mass is 31.2. The molecule has 0 rings (SSSR count). The van der Waals surface area contributed by atoms with Crippen molar-refractivity contribution in [1.82, 2.24) is 5.32 Å². The van der Waals surface area contributed by atoms with Crippen LogP contribution in [-0.2, 0) is 18.4 Å². The molecule has 0 aromatic heterocycles. The number of hydrogen-bond acceptors (Lipinski definition) is 6. The molecule has 8 nitrogen and oxygen atoms in total. The SMILES string of the molecule is C/C=C/CC/C=C/CC/C=C/C(O)C(COP(=O)([O-])OCC[N+](C)(C)C)NC(=O)CCCCCCCCC/C=C\CCCCCCCCC. The maximum Gasteiger partial charge on any atom is 0.268 e. The van der Waals surface area contributed by atoms with Crippen LogP contribution < -0.4 is 10.2 Å². The lowest BCUT2D eigenvalue weighted by Gasteiger charge is -2.29. The number of hydrogen-bond donors (Lipinski definition) is 2. The van der Waals surface area contributed by atoms with Gasteiger partial charge >= 0.3 is 0 Å². The smallest absolute Gasteiger partial charge is 0.268 e. The van der Waals surface area contributed by atoms with Crippen molar-refractivity contribution in [2.45, 2.75) is 161 Å². The monoisotopic (exact) mass is 711 g/mol. The summed E-state index contributed by atoms with van der Waals surface area (Å²) in [6, 6.07) is -0.908. The molecule has 0 aromatic carbocycles. The van der Waals surface area contributed by atoms with E-state index in [1.807, 2.05) is 40.2 Å². The van der Waals surface area contributed by atoms with Gasteiger partial charge in [0.2, 0.25) is 5.91 Å². The predicted octanol–water partition coefficient (Wildman–Crippen LogP) is 9.50. The number of quaternary nitrogens is 1. The number of aliphatic hydroxyl groups is 1. The third-order valence-electron chi connectivity index (χ3n) is 8.33. The fourth-order valence-corrected chi connectivity index (χ4v) is 5.91. The van der Waals surface area contributed by atoms with E-state index in [1.165, 1.54) is 83.5 Å². The van der Waals surface area contributed by atoms with Crippen molar-refractivity contribution < 1.29 is 32.9 Å². The van der Waals surface area contributed by atoms with Crippen LogP contribution in [0.1, 0.15) is 149 Å². The summed E-state index contributed by atoms with van der Waals surface area (Å²) >= 11 is 0. The number of nitrogens with zero attached hydrogens (tertiary/aromatic N) is 1. The Hall–Kier alpha value is -1.54. The molecular formula is C40H75N2O6P. The Kier molecular flexibility index (Phi) is 31.4. The second kappa shape index (κ2) is 32.4. The molecule has 0 bridgehead atoms. The Morgan fingerprint density at radius 2 is 1.22 bits per heavy atom. The number of phosphoric acid groups is 1. The summed E-state index contributed by atoms with van der Waals surface area (Å²) in [4.78, 5) is 25.1. The highest BCUT2D eigenvalue weighted by Gasteiger charge is 2.23. The summed E-state index contributed by atoms with van der Waals surface area (Å²) in [6.07, 6.45) is 39.0. The van der Waals surface area contributed by atoms with Gasteiger partial charge in [0.05, 0.1) is 39.9 Å². The Labute approximate surface area is 301 Å². The van der Waals surface area contributed by atoms with E-state index in [9.17, 15) is 19.4 Å². The largest absolute Gasteiger partial charge is 0.756 e. The van der Waals surface area contributed by atoms with Crippen LogP contribution in [0.4, 0.5) is 0 Å². The van der Waals surface area contributed by atoms with Crippen molar-refractivity contribution in [2.75, 3.05) is 40.9 Å². The molecule has 1 amide bonds. The highest BCUT2D eigenvalue weighted by Crippen LogP contribution is 2.38. The standard InChI is InChI=1S/C40H75N2O6P/c1-6-8-10-12-14-16-17-18-19-20-21-22-23-24-26-28-30-32-34-40(44)41-38(37-48-49(45,46)47-36-35-42(3,4)5)39(43)33-31-29-27-25-15-13-11-9-7-2/h7,9,15,19-20,25,31,33,38-39,43H,6,8,10-14,16-18,21-24,26-30,32,34-37H2,1-5H3,(H-,41,44,45,46)/b9-7+,20-19-,25-15+,33-31+. The molecule has 3 atom stereocenters. The number of likely N-dealkylation sites (N-methyl/N-ethyl adjacent to an activating group) is 1. The molecular weight excluding hydrogens is 635 g/mol. The molecule has 0 spiro atoms. The third kappa shape index (κ3) is 34.7. The number of amides is 1. The van der Waals surface area contributed by atoms with Crippen molar-refractivity contribution in [1.29, 1.82) is 0 Å². The fraction of sp³-hybridized carbons (Fsp3) is 0.775. The summed E-state index contributed by atoms with van der Waals surface area (Å²) in [6.45, 7) is 4.35. The number of aliphatic hydroxyl groups excluding tert-OH is 1. The summed E-state index contributed by atoms with van der Waals surface area (Å²) in [5.74, 6) is -0.222. The van der Waals surface area contributed by atoms with Gasteiger partial charge in [-0.15, -0.1) is 0 Å². The van der Waals surface area contributed by atoms with Gasteiger partial charge < -0.3 is 28.8 Å². The third-order valence-corrected chi connectivity index (χ3v) is 9.30. The van der Waals surface area contributed by atoms with Crippen molar-refractivity contribution in [2.24, 2.45) is 0 Å². The zero-order valence-electron chi connectivity index (χ0n) is 32.1. The minimum absolute atomic E-state index is 0.0115. The second-order valence-electron chi connectivity index (χ2n) is 14.3. The quantitative estimate of drug-likeness (QED) is 0.0298. The first-order chi connectivity index (χ1) is 23.5. The van der Waals surface area contributed by atoms with Crippen LogP contribution in [0, 0.1) is 0 Å². The molecule has 0 saturated carbocycles. The summed E-state index contributed by atoms with van der Waals surface area (Å²) in [7, 11) is 1.22. The van der Waals surface area contributed by atoms with Crippen LogP contribution in [-0.4, -0.2) is 68.5 Å². The van der Waals surface area contributed by atoms with Gasteiger partial charge in [-0.25, -0.2) is 0 Å². The van der Waals surface area contributed by atoms with E-state index < -0.39 is 26.6 Å². The molecule has 0 saturated heterocycles. The maximum absolute atomic E-state index is 12.8. The molecule has 0 fully saturated rings. The van der Waals surface area contributed by atoms with E-state index in [-0.39, 0.29) is 12.5 Å². The van der Waals surface area contributed by atoms with Crippen molar-refractivity contribution in [3.63, 3.8) is 0 Å². The Bertz CT molecular complexity index is 944. The highest BCUT2D eigenvalue weighted by molar-refractivity contribution is 7.45. The number of unbranched alkanes of at least 4 members (excludes halogenated alkanes) is 16. The normalized spacial score (nSPS) is 15.2. The first-order valence-corrected chi connectivity index (χ1v) is 20.9. The predicted molar refractivity (Wildman–Crippen MR) is 205 cm³/mol. The Morgan fingerprint density at radius 3 is 1.78 bits per heavy atom. The van der Waals surface area contributed by atoms with Crippen molar-refractivity contribution >= 4 is 13.7 Å². The molecule has 286 valence electrons. The molecule has 49 heavy (non-hydrogen) atoms. The molecule has 2 N–H and O–H groups in total. The lowest BCUT2D eigenvalue weighted by molar-refractivity contribution is -0.870. The zero-order valence-corrected chi connectivity index (χ0v) is 33.0. The lowest BCUT2D eigenvalue weighted by atomic mass is 10.1. The van der Waals surface area contributed by atoms with Crippen molar-refractivity contribution in [3.05, 3.63) is 48.6 Å². The Morgan fingerprint density at radius 1 is 0.735 bits per heavy atom. The van der Waals surface area contributed by atoms with E-state index in [2.05, 4.69) is 42.6 Å². The van der Waals surface area contributed by atoms with Crippen LogP contribution in [0.5, 0.6) is 0 Å². The van der Waals surface area contributed by atoms with Gasteiger partial charge in [-0.2, -0.15) is 0 Å². The number of nitrogens with one attached hydrogen (secondary N) is 1. The number of phosphoric ester groups is 1. The minimum Gasteiger partial charge on any atom is -0.756 e. The first kappa shape index (κ1) is 47.5. The molecule has 9 heteroatoms. The fourth-order valence-electron chi connectivity index (χ4n) is 5.18. The van der Waals surface area contributed by atoms with E-state index in [0.717, 1.165) is 44.9 Å². The minimum atomic E-state index is -4.59. The Balaban J connectivity index is 4.43. The topological polar surface area (TPSA) is 108 Å². The van der Waals surface area contributed by atoms with Crippen LogP contribution in [0.2, 0.25) is 0 Å². The van der Waals surface area contributed by atoms with Gasteiger partial charge in [0.25, 0.3) is 7.82 Å². The van der Waals surface area contributed by atoms with Gasteiger partial charge in [-0.1, -0.05) is 126 Å². The number of carbonyl (C=O) groups excluding carboxylic acids is 1. The van der Waals surface area contributed by atoms with E-state index in [0.29, 0.717) is 17.4 Å². The van der Waals surface area contributed by atoms with Gasteiger partial charge in [-0.05, 0) is 64.7 Å². The van der Waals surface area contributed by atoms with Crippen LogP contribution in [0.3, 0.4) is 0 Å². The maximum atomic E-state index is 12.8. The molecule has 0 aliphatic carbocycles. The van der Waals surface area contributed by atoms with Gasteiger partial charge in [0.15, 0.2) is 0 Å². The van der Waals surface area contributed by atoms with Crippen molar-refractivity contribution in [3.8, 4) is 0 Å². The molecule has 0 aliphatic rings.